The zero-order valence-corrected chi connectivity index (χ0v) is 23.6. The molecule has 0 aliphatic carbocycles. The highest BCUT2D eigenvalue weighted by molar-refractivity contribution is 7.90. The summed E-state index contributed by atoms with van der Waals surface area (Å²) in [6.45, 7) is 12.5. The highest BCUT2D eigenvalue weighted by Crippen LogP contribution is 2.15. The third-order valence-corrected chi connectivity index (χ3v) is 7.75. The lowest BCUT2D eigenvalue weighted by molar-refractivity contribution is -0.137. The number of carbonyl (C=O) groups excluding carboxylic acids is 2. The van der Waals surface area contributed by atoms with E-state index in [2.05, 4.69) is 18.7 Å². The van der Waals surface area contributed by atoms with Crippen LogP contribution in [0, 0.1) is 0 Å². The molecule has 1 aromatic rings. The number of carbonyl (C=O) groups is 2. The third kappa shape index (κ3) is 10.2. The molecular weight excluding hydrogens is 478 g/mol. The molecule has 1 fully saturated rings. The SMILES string of the molecule is CCCN(CCCCN1CCN(C(=O)COC(C)C)CCC1=O)C(C)Cc1ccc(S(C)(=O)=O)cc1. The van der Waals surface area contributed by atoms with Crippen LogP contribution in [0.5, 0.6) is 0 Å². The molecule has 0 radical (unpaired) electrons. The number of benzene rings is 1. The Bertz CT molecular complexity index is 933. The van der Waals surface area contributed by atoms with E-state index in [4.69, 9.17) is 4.74 Å². The van der Waals surface area contributed by atoms with E-state index in [0.717, 1.165) is 44.3 Å². The van der Waals surface area contributed by atoms with Gasteiger partial charge in [-0.15, -0.1) is 0 Å². The predicted octanol–water partition coefficient (Wildman–Crippen LogP) is 3.00. The van der Waals surface area contributed by atoms with E-state index in [9.17, 15) is 18.0 Å². The van der Waals surface area contributed by atoms with Gasteiger partial charge in [-0.05, 0) is 77.2 Å². The second-order valence-electron chi connectivity index (χ2n) is 10.1. The first-order chi connectivity index (χ1) is 17.0. The van der Waals surface area contributed by atoms with E-state index in [1.807, 2.05) is 30.9 Å². The third-order valence-electron chi connectivity index (χ3n) is 6.62. The topological polar surface area (TPSA) is 87.2 Å². The molecule has 2 rings (SSSR count). The molecule has 9 heteroatoms. The van der Waals surface area contributed by atoms with Gasteiger partial charge in [0.2, 0.25) is 11.8 Å². The maximum atomic E-state index is 12.6. The fourth-order valence-electron chi connectivity index (χ4n) is 4.48. The lowest BCUT2D eigenvalue weighted by Gasteiger charge is -2.29. The zero-order valence-electron chi connectivity index (χ0n) is 22.7. The van der Waals surface area contributed by atoms with Crippen molar-refractivity contribution in [1.29, 1.82) is 0 Å². The average Bonchev–Trinajstić information content (AvgIpc) is 3.00. The van der Waals surface area contributed by atoms with Crippen LogP contribution in [-0.2, 0) is 30.6 Å². The number of rotatable bonds is 14. The summed E-state index contributed by atoms with van der Waals surface area (Å²) in [6.07, 6.45) is 5.44. The van der Waals surface area contributed by atoms with Gasteiger partial charge < -0.3 is 19.4 Å². The van der Waals surface area contributed by atoms with Crippen LogP contribution in [0.2, 0.25) is 0 Å². The van der Waals surface area contributed by atoms with Crippen LogP contribution in [0.1, 0.15) is 58.9 Å². The van der Waals surface area contributed by atoms with Crippen LogP contribution in [0.4, 0.5) is 0 Å². The van der Waals surface area contributed by atoms with Gasteiger partial charge in [0.15, 0.2) is 9.84 Å². The van der Waals surface area contributed by atoms with E-state index >= 15 is 0 Å². The first-order valence-electron chi connectivity index (χ1n) is 13.2. The number of hydrogen-bond acceptors (Lipinski definition) is 6. The number of ether oxygens (including phenoxy) is 1. The van der Waals surface area contributed by atoms with E-state index < -0.39 is 9.84 Å². The Morgan fingerprint density at radius 3 is 2.36 bits per heavy atom. The van der Waals surface area contributed by atoms with Gasteiger partial charge in [0.05, 0.1) is 11.0 Å². The molecule has 0 spiro atoms. The normalized spacial score (nSPS) is 16.0. The van der Waals surface area contributed by atoms with Crippen molar-refractivity contribution in [3.63, 3.8) is 0 Å². The summed E-state index contributed by atoms with van der Waals surface area (Å²) in [5, 5.41) is 0. The standard InChI is InChI=1S/C27H45N3O5S/c1-6-14-28(23(4)20-24-9-11-25(12-10-24)36(5,33)34)15-7-8-16-29-18-19-30(17-13-26(29)31)27(32)21-35-22(2)3/h9-12,22-23H,6-8,13-21H2,1-5H3. The van der Waals surface area contributed by atoms with Crippen molar-refractivity contribution in [1.82, 2.24) is 14.7 Å². The van der Waals surface area contributed by atoms with Crippen molar-refractivity contribution in [3.8, 4) is 0 Å². The van der Waals surface area contributed by atoms with Crippen LogP contribution < -0.4 is 0 Å². The maximum Gasteiger partial charge on any atom is 0.248 e. The van der Waals surface area contributed by atoms with Gasteiger partial charge in [0.1, 0.15) is 6.61 Å². The van der Waals surface area contributed by atoms with E-state index in [1.165, 1.54) is 6.26 Å². The molecule has 1 aliphatic rings. The second-order valence-corrected chi connectivity index (χ2v) is 12.1. The van der Waals surface area contributed by atoms with Crippen LogP contribution in [0.25, 0.3) is 0 Å². The molecular formula is C27H45N3O5S. The summed E-state index contributed by atoms with van der Waals surface area (Å²) >= 11 is 0. The van der Waals surface area contributed by atoms with Gasteiger partial charge >= 0.3 is 0 Å². The molecule has 1 aliphatic heterocycles. The van der Waals surface area contributed by atoms with Crippen molar-refractivity contribution in [2.75, 3.05) is 52.1 Å². The average molecular weight is 524 g/mol. The monoisotopic (exact) mass is 523 g/mol. The van der Waals surface area contributed by atoms with E-state index in [0.29, 0.717) is 43.5 Å². The molecule has 36 heavy (non-hydrogen) atoms. The van der Waals surface area contributed by atoms with Gasteiger partial charge in [-0.2, -0.15) is 0 Å². The van der Waals surface area contributed by atoms with Crippen molar-refractivity contribution in [2.24, 2.45) is 0 Å². The molecule has 1 atom stereocenters. The molecule has 1 heterocycles. The lowest BCUT2D eigenvalue weighted by atomic mass is 10.1. The maximum absolute atomic E-state index is 12.6. The number of nitrogens with zero attached hydrogens (tertiary/aromatic N) is 3. The molecule has 1 aromatic carbocycles. The summed E-state index contributed by atoms with van der Waals surface area (Å²) in [4.78, 5) is 31.4. The number of sulfone groups is 1. The first kappa shape index (κ1) is 30.3. The largest absolute Gasteiger partial charge is 0.369 e. The van der Waals surface area contributed by atoms with E-state index in [-0.39, 0.29) is 24.5 Å². The Labute approximate surface area is 217 Å². The molecule has 204 valence electrons. The lowest BCUT2D eigenvalue weighted by Crippen LogP contribution is -2.38. The minimum absolute atomic E-state index is 0.00878. The second kappa shape index (κ2) is 14.7. The van der Waals surface area contributed by atoms with Crippen molar-refractivity contribution in [2.45, 2.75) is 76.8 Å². The Hall–Kier alpha value is -1.97. The Morgan fingerprint density at radius 2 is 1.75 bits per heavy atom. The molecule has 0 saturated carbocycles. The Balaban J connectivity index is 1.80. The molecule has 1 unspecified atom stereocenters. The fourth-order valence-corrected chi connectivity index (χ4v) is 5.11. The smallest absolute Gasteiger partial charge is 0.248 e. The zero-order chi connectivity index (χ0) is 26.7. The summed E-state index contributed by atoms with van der Waals surface area (Å²) < 4.78 is 28.8. The van der Waals surface area contributed by atoms with Gasteiger partial charge in [0.25, 0.3) is 0 Å². The van der Waals surface area contributed by atoms with Gasteiger partial charge in [-0.3, -0.25) is 9.59 Å². The highest BCUT2D eigenvalue weighted by Gasteiger charge is 2.24. The van der Waals surface area contributed by atoms with Gasteiger partial charge in [0, 0.05) is 44.9 Å². The number of amides is 2. The molecule has 0 bridgehead atoms. The van der Waals surface area contributed by atoms with Crippen LogP contribution in [0.15, 0.2) is 29.2 Å². The molecule has 8 nitrogen and oxygen atoms in total. The fraction of sp³-hybridized carbons (Fsp3) is 0.704. The van der Waals surface area contributed by atoms with Crippen molar-refractivity contribution >= 4 is 21.7 Å². The van der Waals surface area contributed by atoms with Gasteiger partial charge in [-0.1, -0.05) is 19.1 Å². The van der Waals surface area contributed by atoms with E-state index in [1.54, 1.807) is 17.0 Å². The first-order valence-corrected chi connectivity index (χ1v) is 15.1. The molecule has 1 saturated heterocycles. The summed E-state index contributed by atoms with van der Waals surface area (Å²) in [6, 6.07) is 7.52. The Kier molecular flexibility index (Phi) is 12.3. The predicted molar refractivity (Wildman–Crippen MR) is 143 cm³/mol. The number of unbranched alkanes of at least 4 members (excludes halogenated alkanes) is 1. The Morgan fingerprint density at radius 1 is 1.06 bits per heavy atom. The van der Waals surface area contributed by atoms with Crippen molar-refractivity contribution in [3.05, 3.63) is 29.8 Å². The molecule has 2 amide bonds. The van der Waals surface area contributed by atoms with Crippen LogP contribution >= 0.6 is 0 Å². The van der Waals surface area contributed by atoms with Gasteiger partial charge in [-0.25, -0.2) is 8.42 Å². The molecule has 0 aromatic heterocycles. The van der Waals surface area contributed by atoms with Crippen LogP contribution in [0.3, 0.4) is 0 Å². The minimum atomic E-state index is -3.18. The summed E-state index contributed by atoms with van der Waals surface area (Å²) in [7, 11) is -3.18. The van der Waals surface area contributed by atoms with Crippen molar-refractivity contribution < 1.29 is 22.7 Å². The quantitative estimate of drug-likeness (QED) is 0.349. The van der Waals surface area contributed by atoms with Crippen LogP contribution in [-0.4, -0.2) is 99.2 Å². The minimum Gasteiger partial charge on any atom is -0.369 e. The summed E-state index contributed by atoms with van der Waals surface area (Å²) in [5.74, 6) is 0.0694. The molecule has 0 N–H and O–H groups in total. The summed E-state index contributed by atoms with van der Waals surface area (Å²) in [5.41, 5.74) is 1.13. The number of hydrogen-bond donors (Lipinski definition) is 0. The highest BCUT2D eigenvalue weighted by atomic mass is 32.2.